The second kappa shape index (κ2) is 10.1. The SMILES string of the molecule is COC1CC(c2cccc(-n3cc4c(C(F)(F)F)cc([C@H](C)N5CCC[C@H](C)C5)cn4c3=O)c2)(c2nncn2C)C1. The van der Waals surface area contributed by atoms with Gasteiger partial charge in [-0.2, -0.15) is 13.2 Å². The summed E-state index contributed by atoms with van der Waals surface area (Å²) in [5.41, 5.74) is -0.111. The first kappa shape index (κ1) is 27.7. The summed E-state index contributed by atoms with van der Waals surface area (Å²) in [5.74, 6) is 1.26. The third kappa shape index (κ3) is 4.68. The van der Waals surface area contributed by atoms with Gasteiger partial charge in [0.05, 0.1) is 28.3 Å². The number of imidazole rings is 1. The van der Waals surface area contributed by atoms with E-state index in [2.05, 4.69) is 22.0 Å². The molecule has 1 aliphatic carbocycles. The van der Waals surface area contributed by atoms with E-state index in [1.165, 1.54) is 16.8 Å². The molecule has 6 rings (SSSR count). The van der Waals surface area contributed by atoms with E-state index in [1.807, 2.05) is 36.7 Å². The van der Waals surface area contributed by atoms with Crippen molar-refractivity contribution < 1.29 is 17.9 Å². The highest BCUT2D eigenvalue weighted by Crippen LogP contribution is 2.49. The zero-order valence-corrected chi connectivity index (χ0v) is 23.7. The van der Waals surface area contributed by atoms with Crippen LogP contribution in [0.15, 0.2) is 53.8 Å². The van der Waals surface area contributed by atoms with Crippen molar-refractivity contribution in [3.8, 4) is 5.69 Å². The average molecular weight is 569 g/mol. The van der Waals surface area contributed by atoms with Gasteiger partial charge >= 0.3 is 11.9 Å². The summed E-state index contributed by atoms with van der Waals surface area (Å²) in [5, 5.41) is 8.44. The van der Waals surface area contributed by atoms with Crippen molar-refractivity contribution in [1.29, 1.82) is 0 Å². The van der Waals surface area contributed by atoms with Crippen LogP contribution < -0.4 is 5.69 Å². The van der Waals surface area contributed by atoms with Gasteiger partial charge in [0.1, 0.15) is 12.2 Å². The number of benzene rings is 1. The summed E-state index contributed by atoms with van der Waals surface area (Å²) in [6.07, 6.45) is 3.44. The molecule has 4 aromatic rings. The third-order valence-electron chi connectivity index (χ3n) is 9.11. The smallest absolute Gasteiger partial charge is 0.381 e. The van der Waals surface area contributed by atoms with E-state index < -0.39 is 22.8 Å². The molecule has 2 atom stereocenters. The van der Waals surface area contributed by atoms with E-state index >= 15 is 0 Å². The molecule has 4 heterocycles. The molecule has 0 bridgehead atoms. The van der Waals surface area contributed by atoms with Crippen LogP contribution in [-0.4, -0.2) is 54.9 Å². The van der Waals surface area contributed by atoms with Crippen molar-refractivity contribution in [3.05, 3.63) is 82.1 Å². The van der Waals surface area contributed by atoms with Crippen molar-refractivity contribution in [2.75, 3.05) is 20.2 Å². The minimum Gasteiger partial charge on any atom is -0.381 e. The van der Waals surface area contributed by atoms with E-state index in [0.29, 0.717) is 30.0 Å². The lowest BCUT2D eigenvalue weighted by Gasteiger charge is -2.46. The summed E-state index contributed by atoms with van der Waals surface area (Å²) in [6, 6.07) is 8.36. The van der Waals surface area contributed by atoms with Crippen LogP contribution in [0.3, 0.4) is 0 Å². The van der Waals surface area contributed by atoms with E-state index in [0.717, 1.165) is 41.7 Å². The zero-order valence-electron chi connectivity index (χ0n) is 23.7. The number of pyridine rings is 1. The van der Waals surface area contributed by atoms with Crippen LogP contribution in [0.1, 0.15) is 68.1 Å². The number of aryl methyl sites for hydroxylation is 1. The number of rotatable bonds is 6. The molecule has 1 saturated heterocycles. The Balaban J connectivity index is 1.45. The molecule has 1 aliphatic heterocycles. The number of halogens is 3. The van der Waals surface area contributed by atoms with Gasteiger partial charge in [-0.25, -0.2) is 4.79 Å². The van der Waals surface area contributed by atoms with Crippen molar-refractivity contribution in [2.24, 2.45) is 13.0 Å². The van der Waals surface area contributed by atoms with Crippen LogP contribution in [0.5, 0.6) is 0 Å². The first-order chi connectivity index (χ1) is 19.5. The lowest BCUT2D eigenvalue weighted by atomic mass is 9.62. The summed E-state index contributed by atoms with van der Waals surface area (Å²) in [6.45, 7) is 5.73. The Morgan fingerprint density at radius 1 is 1.17 bits per heavy atom. The largest absolute Gasteiger partial charge is 0.418 e. The maximum Gasteiger partial charge on any atom is 0.418 e. The molecule has 218 valence electrons. The van der Waals surface area contributed by atoms with Gasteiger partial charge in [0.2, 0.25) is 0 Å². The summed E-state index contributed by atoms with van der Waals surface area (Å²) < 4.78 is 53.1. The van der Waals surface area contributed by atoms with E-state index in [-0.39, 0.29) is 17.7 Å². The fourth-order valence-electron chi connectivity index (χ4n) is 6.74. The summed E-state index contributed by atoms with van der Waals surface area (Å²) in [4.78, 5) is 15.9. The first-order valence-corrected chi connectivity index (χ1v) is 14.1. The monoisotopic (exact) mass is 568 g/mol. The Morgan fingerprint density at radius 3 is 2.61 bits per heavy atom. The zero-order chi connectivity index (χ0) is 29.1. The highest BCUT2D eigenvalue weighted by atomic mass is 19.4. The Labute approximate surface area is 236 Å². The fourth-order valence-corrected chi connectivity index (χ4v) is 6.74. The molecule has 3 aromatic heterocycles. The van der Waals surface area contributed by atoms with Crippen LogP contribution in [-0.2, 0) is 23.4 Å². The van der Waals surface area contributed by atoms with Gasteiger partial charge in [-0.1, -0.05) is 19.1 Å². The molecule has 0 unspecified atom stereocenters. The lowest BCUT2D eigenvalue weighted by molar-refractivity contribution is -0.136. The normalized spacial score (nSPS) is 24.5. The maximum atomic E-state index is 14.4. The van der Waals surface area contributed by atoms with Gasteiger partial charge in [-0.15, -0.1) is 10.2 Å². The molecule has 0 N–H and O–H groups in total. The van der Waals surface area contributed by atoms with Gasteiger partial charge < -0.3 is 9.30 Å². The number of hydrogen-bond donors (Lipinski definition) is 0. The highest BCUT2D eigenvalue weighted by Gasteiger charge is 2.50. The van der Waals surface area contributed by atoms with E-state index in [9.17, 15) is 18.0 Å². The number of nitrogens with zero attached hydrogens (tertiary/aromatic N) is 6. The average Bonchev–Trinajstić information content (AvgIpc) is 3.50. The Bertz CT molecular complexity index is 1630. The summed E-state index contributed by atoms with van der Waals surface area (Å²) >= 11 is 0. The van der Waals surface area contributed by atoms with E-state index in [4.69, 9.17) is 4.74 Å². The second-order valence-corrected chi connectivity index (χ2v) is 11.8. The molecular weight excluding hydrogens is 533 g/mol. The van der Waals surface area contributed by atoms with Gasteiger partial charge in [0, 0.05) is 39.1 Å². The number of alkyl halides is 3. The second-order valence-electron chi connectivity index (χ2n) is 11.8. The van der Waals surface area contributed by atoms with Crippen LogP contribution >= 0.6 is 0 Å². The number of ether oxygens (including phenoxy) is 1. The molecule has 1 aromatic carbocycles. The van der Waals surface area contributed by atoms with Crippen molar-refractivity contribution in [2.45, 2.75) is 63.3 Å². The molecule has 41 heavy (non-hydrogen) atoms. The quantitative estimate of drug-likeness (QED) is 0.323. The van der Waals surface area contributed by atoms with Crippen molar-refractivity contribution in [1.82, 2.24) is 28.6 Å². The van der Waals surface area contributed by atoms with Crippen LogP contribution in [0, 0.1) is 5.92 Å². The third-order valence-corrected chi connectivity index (χ3v) is 9.11. The number of hydrogen-bond acceptors (Lipinski definition) is 5. The summed E-state index contributed by atoms with van der Waals surface area (Å²) in [7, 11) is 3.56. The molecule has 0 radical (unpaired) electrons. The van der Waals surface area contributed by atoms with Crippen molar-refractivity contribution >= 4 is 5.52 Å². The molecule has 8 nitrogen and oxygen atoms in total. The lowest BCUT2D eigenvalue weighted by Crippen LogP contribution is -2.48. The molecule has 2 aliphatic rings. The topological polar surface area (TPSA) is 69.6 Å². The molecule has 0 amide bonds. The maximum absolute atomic E-state index is 14.4. The van der Waals surface area contributed by atoms with Crippen LogP contribution in [0.4, 0.5) is 13.2 Å². The highest BCUT2D eigenvalue weighted by molar-refractivity contribution is 5.58. The number of methoxy groups -OCH3 is 1. The van der Waals surface area contributed by atoms with Gasteiger partial charge in [0.15, 0.2) is 0 Å². The Kier molecular flexibility index (Phi) is 6.85. The number of fused-ring (bicyclic) bond motifs is 1. The molecule has 2 fully saturated rings. The van der Waals surface area contributed by atoms with Gasteiger partial charge in [-0.3, -0.25) is 13.9 Å². The van der Waals surface area contributed by atoms with Gasteiger partial charge in [0.25, 0.3) is 0 Å². The number of aromatic nitrogens is 5. The Morgan fingerprint density at radius 2 is 1.95 bits per heavy atom. The van der Waals surface area contributed by atoms with Crippen LogP contribution in [0.2, 0.25) is 0 Å². The van der Waals surface area contributed by atoms with Gasteiger partial charge in [-0.05, 0) is 74.4 Å². The predicted octanol–water partition coefficient (Wildman–Crippen LogP) is 5.13. The molecule has 1 saturated carbocycles. The van der Waals surface area contributed by atoms with E-state index in [1.54, 1.807) is 25.7 Å². The molecule has 11 heteroatoms. The minimum atomic E-state index is -4.62. The Hall–Kier alpha value is -3.44. The molecule has 0 spiro atoms. The number of piperidine rings is 1. The standard InChI is InChI=1S/C30H35F3N6O2/c1-19-7-6-10-37(15-19)20(2)21-11-25(30(31,32)33)26-17-38(28(40)39(26)16-21)23-9-5-8-22(12-23)29(13-24(14-29)41-4)27-35-34-18-36(27)3/h5,8-9,11-12,16-20,24H,6-7,10,13-15H2,1-4H3/t19-,20-,24?,29?/m0/s1. The minimum absolute atomic E-state index is 0.0489. The first-order valence-electron chi connectivity index (χ1n) is 14.1. The van der Waals surface area contributed by atoms with Crippen molar-refractivity contribution in [3.63, 3.8) is 0 Å². The van der Waals surface area contributed by atoms with Crippen LogP contribution in [0.25, 0.3) is 11.2 Å². The number of likely N-dealkylation sites (tertiary alicyclic amines) is 1. The predicted molar refractivity (Wildman–Crippen MR) is 148 cm³/mol. The molecular formula is C30H35F3N6O2. The fraction of sp³-hybridized carbons (Fsp3) is 0.500.